The number of rotatable bonds is 1. The first-order chi connectivity index (χ1) is 10.1. The number of nitrogens with zero attached hydrogens (tertiary/aromatic N) is 3. The second-order valence-corrected chi connectivity index (χ2v) is 6.99. The summed E-state index contributed by atoms with van der Waals surface area (Å²) in [4.78, 5) is 19.4. The number of ether oxygens (including phenoxy) is 1. The number of amides is 1. The lowest BCUT2D eigenvalue weighted by Crippen LogP contribution is -2.62. The third-order valence-electron chi connectivity index (χ3n) is 4.33. The van der Waals surface area contributed by atoms with Gasteiger partial charge in [0.1, 0.15) is 10.3 Å². The molecule has 1 aromatic rings. The van der Waals surface area contributed by atoms with Gasteiger partial charge in [0.15, 0.2) is 11.8 Å². The van der Waals surface area contributed by atoms with Crippen LogP contribution in [-0.2, 0) is 4.74 Å². The highest BCUT2D eigenvalue weighted by molar-refractivity contribution is 9.13. The number of aliphatic imine (C=N–C) groups is 1. The highest BCUT2D eigenvalue weighted by Crippen LogP contribution is 2.48. The fourth-order valence-electron chi connectivity index (χ4n) is 3.52. The van der Waals surface area contributed by atoms with Crippen molar-refractivity contribution in [3.05, 3.63) is 20.8 Å². The Balaban J connectivity index is 1.91. The molecule has 2 atom stereocenters. The minimum absolute atomic E-state index is 0.0376. The normalized spacial score (nSPS) is 29.7. The summed E-state index contributed by atoms with van der Waals surface area (Å²) in [7, 11) is 0. The minimum atomic E-state index is -0.491. The molecule has 4 heterocycles. The molecule has 6 nitrogen and oxygen atoms in total. The number of carbonyl (C=O) groups is 1. The van der Waals surface area contributed by atoms with Crippen LogP contribution in [0.4, 0.5) is 0 Å². The summed E-state index contributed by atoms with van der Waals surface area (Å²) in [5.41, 5.74) is 0.162. The molecule has 1 amide bonds. The van der Waals surface area contributed by atoms with Crippen molar-refractivity contribution in [3.63, 3.8) is 0 Å². The monoisotopic (exact) mass is 416 g/mol. The average molecular weight is 418 g/mol. The predicted molar refractivity (Wildman–Crippen MR) is 84.1 cm³/mol. The minimum Gasteiger partial charge on any atom is -0.465 e. The van der Waals surface area contributed by atoms with E-state index in [-0.39, 0.29) is 12.1 Å². The van der Waals surface area contributed by atoms with E-state index in [1.807, 2.05) is 22.5 Å². The van der Waals surface area contributed by atoms with E-state index in [9.17, 15) is 4.79 Å². The molecule has 0 bridgehead atoms. The molecule has 1 fully saturated rings. The standard InChI is InChI=1S/C13H14Br2N4O2/c1-2-21-12-16-11-13(17-12)4-3-5-18(13)10(20)8-6-7(14)9(15)19(8)11/h6,11H,2-5H2,1H3,(H,16,17)/t11-,13+/m0/s1. The number of fused-ring (bicyclic) bond motifs is 2. The van der Waals surface area contributed by atoms with Gasteiger partial charge >= 0.3 is 0 Å². The zero-order valence-corrected chi connectivity index (χ0v) is 14.6. The summed E-state index contributed by atoms with van der Waals surface area (Å²) >= 11 is 7.05. The summed E-state index contributed by atoms with van der Waals surface area (Å²) in [6.45, 7) is 3.22. The van der Waals surface area contributed by atoms with Crippen molar-refractivity contribution in [2.45, 2.75) is 31.6 Å². The molecule has 0 aromatic carbocycles. The van der Waals surface area contributed by atoms with Crippen LogP contribution in [0, 0.1) is 0 Å². The molecule has 112 valence electrons. The maximum Gasteiger partial charge on any atom is 0.288 e. The van der Waals surface area contributed by atoms with Crippen LogP contribution in [0.3, 0.4) is 0 Å². The molecular weight excluding hydrogens is 404 g/mol. The lowest BCUT2D eigenvalue weighted by molar-refractivity contribution is 0.0314. The molecular formula is C13H14Br2N4O2. The van der Waals surface area contributed by atoms with Crippen molar-refractivity contribution in [2.24, 2.45) is 4.99 Å². The highest BCUT2D eigenvalue weighted by Gasteiger charge is 2.59. The summed E-state index contributed by atoms with van der Waals surface area (Å²) in [6, 6.07) is 2.37. The number of carbonyl (C=O) groups excluding carboxylic acids is 1. The number of halogens is 2. The Morgan fingerprint density at radius 3 is 3.14 bits per heavy atom. The van der Waals surface area contributed by atoms with Gasteiger partial charge in [0.05, 0.1) is 11.1 Å². The first-order valence-electron chi connectivity index (χ1n) is 6.95. The van der Waals surface area contributed by atoms with Crippen molar-refractivity contribution in [2.75, 3.05) is 13.2 Å². The van der Waals surface area contributed by atoms with E-state index < -0.39 is 5.66 Å². The Kier molecular flexibility index (Phi) is 2.91. The molecule has 0 aliphatic carbocycles. The predicted octanol–water partition coefficient (Wildman–Crippen LogP) is 2.45. The van der Waals surface area contributed by atoms with Crippen LogP contribution in [0.1, 0.15) is 36.4 Å². The smallest absolute Gasteiger partial charge is 0.288 e. The second kappa shape index (κ2) is 4.49. The van der Waals surface area contributed by atoms with Gasteiger partial charge in [-0.15, -0.1) is 0 Å². The maximum atomic E-state index is 12.8. The number of hydrogen-bond acceptors (Lipinski definition) is 4. The Labute approximate surface area is 138 Å². The van der Waals surface area contributed by atoms with Crippen LogP contribution in [0.25, 0.3) is 0 Å². The Bertz CT molecular complexity index is 671. The Morgan fingerprint density at radius 1 is 1.57 bits per heavy atom. The van der Waals surface area contributed by atoms with E-state index in [1.165, 1.54) is 0 Å². The largest absolute Gasteiger partial charge is 0.465 e. The van der Waals surface area contributed by atoms with Gasteiger partial charge in [-0.3, -0.25) is 4.79 Å². The van der Waals surface area contributed by atoms with E-state index in [4.69, 9.17) is 4.74 Å². The number of aromatic nitrogens is 1. The van der Waals surface area contributed by atoms with Crippen molar-refractivity contribution in [3.8, 4) is 0 Å². The molecule has 0 radical (unpaired) electrons. The molecule has 1 saturated heterocycles. The molecule has 1 N–H and O–H groups in total. The van der Waals surface area contributed by atoms with E-state index in [1.54, 1.807) is 0 Å². The third kappa shape index (κ3) is 1.63. The second-order valence-electron chi connectivity index (χ2n) is 5.39. The lowest BCUT2D eigenvalue weighted by atomic mass is 10.0. The van der Waals surface area contributed by atoms with Crippen LogP contribution in [0.5, 0.6) is 0 Å². The van der Waals surface area contributed by atoms with E-state index >= 15 is 0 Å². The molecule has 1 aromatic heterocycles. The van der Waals surface area contributed by atoms with Crippen molar-refractivity contribution in [1.29, 1.82) is 0 Å². The van der Waals surface area contributed by atoms with Gasteiger partial charge in [0.25, 0.3) is 11.9 Å². The van der Waals surface area contributed by atoms with E-state index in [0.717, 1.165) is 28.5 Å². The molecule has 3 aliphatic heterocycles. The Morgan fingerprint density at radius 2 is 2.38 bits per heavy atom. The van der Waals surface area contributed by atoms with Gasteiger partial charge < -0.3 is 19.5 Å². The highest BCUT2D eigenvalue weighted by atomic mass is 79.9. The molecule has 21 heavy (non-hydrogen) atoms. The lowest BCUT2D eigenvalue weighted by Gasteiger charge is -2.43. The Hall–Kier alpha value is -1.02. The average Bonchev–Trinajstić information content (AvgIpc) is 3.10. The van der Waals surface area contributed by atoms with Gasteiger partial charge in [-0.2, -0.15) is 0 Å². The van der Waals surface area contributed by atoms with Gasteiger partial charge in [0, 0.05) is 6.54 Å². The number of nitrogens with one attached hydrogen (secondary N) is 1. The zero-order valence-electron chi connectivity index (χ0n) is 11.4. The van der Waals surface area contributed by atoms with Gasteiger partial charge in [-0.05, 0) is 57.7 Å². The van der Waals surface area contributed by atoms with Crippen LogP contribution >= 0.6 is 31.9 Å². The van der Waals surface area contributed by atoms with Gasteiger partial charge in [-0.25, -0.2) is 4.99 Å². The molecule has 0 unspecified atom stereocenters. The van der Waals surface area contributed by atoms with Gasteiger partial charge in [-0.1, -0.05) is 0 Å². The number of amidine groups is 1. The molecule has 0 saturated carbocycles. The summed E-state index contributed by atoms with van der Waals surface area (Å²) < 4.78 is 9.21. The first kappa shape index (κ1) is 13.6. The first-order valence-corrected chi connectivity index (χ1v) is 8.54. The SMILES string of the molecule is CCOC1=N[C@H]2n3c(cc(Br)c3Br)C(=O)N3CCC[C@]23N1. The van der Waals surface area contributed by atoms with Crippen molar-refractivity contribution >= 4 is 43.8 Å². The topological polar surface area (TPSA) is 58.9 Å². The maximum absolute atomic E-state index is 12.8. The van der Waals surface area contributed by atoms with Gasteiger partial charge in [0.2, 0.25) is 0 Å². The molecule has 8 heteroatoms. The number of hydrogen-bond donors (Lipinski definition) is 1. The van der Waals surface area contributed by atoms with Crippen LogP contribution < -0.4 is 5.32 Å². The summed E-state index contributed by atoms with van der Waals surface area (Å²) in [6.07, 6.45) is 1.63. The fraction of sp³-hybridized carbons (Fsp3) is 0.538. The molecule has 1 spiro atoms. The zero-order chi connectivity index (χ0) is 14.8. The quantitative estimate of drug-likeness (QED) is 0.763. The molecule has 4 rings (SSSR count). The van der Waals surface area contributed by atoms with Crippen molar-refractivity contribution in [1.82, 2.24) is 14.8 Å². The summed E-state index contributed by atoms with van der Waals surface area (Å²) in [5.74, 6) is 0.0376. The van der Waals surface area contributed by atoms with Crippen LogP contribution in [-0.4, -0.2) is 40.2 Å². The van der Waals surface area contributed by atoms with Crippen LogP contribution in [0.15, 0.2) is 20.1 Å². The fourth-order valence-corrected chi connectivity index (χ4v) is 4.42. The van der Waals surface area contributed by atoms with E-state index in [2.05, 4.69) is 42.2 Å². The molecule has 3 aliphatic rings. The van der Waals surface area contributed by atoms with Crippen LogP contribution in [0.2, 0.25) is 0 Å². The van der Waals surface area contributed by atoms with Crippen molar-refractivity contribution < 1.29 is 9.53 Å². The van der Waals surface area contributed by atoms with E-state index in [0.29, 0.717) is 18.3 Å². The third-order valence-corrected chi connectivity index (χ3v) is 6.28. The summed E-state index contributed by atoms with van der Waals surface area (Å²) in [5, 5.41) is 3.35.